The minimum atomic E-state index is -0.136. The highest BCUT2D eigenvalue weighted by atomic mass is 32.1. The van der Waals surface area contributed by atoms with Crippen LogP contribution in [0.25, 0.3) is 21.3 Å². The Bertz CT molecular complexity index is 1320. The van der Waals surface area contributed by atoms with E-state index in [1.807, 2.05) is 43.3 Å². The van der Waals surface area contributed by atoms with E-state index in [4.69, 9.17) is 14.5 Å². The number of likely N-dealkylation sites (N-methyl/N-ethyl adjacent to an activating group) is 1. The highest BCUT2D eigenvalue weighted by molar-refractivity contribution is 7.17. The molecule has 162 valence electrons. The third kappa shape index (κ3) is 3.94. The molecule has 1 aromatic carbocycles. The van der Waals surface area contributed by atoms with Crippen LogP contribution in [0.5, 0.6) is 11.5 Å². The van der Waals surface area contributed by atoms with Gasteiger partial charge in [-0.2, -0.15) is 0 Å². The van der Waals surface area contributed by atoms with Gasteiger partial charge in [-0.15, -0.1) is 11.3 Å². The predicted molar refractivity (Wildman–Crippen MR) is 123 cm³/mol. The Balaban J connectivity index is 1.57. The fourth-order valence-electron chi connectivity index (χ4n) is 3.57. The van der Waals surface area contributed by atoms with E-state index in [0.717, 1.165) is 44.2 Å². The SMILES string of the molecule is CNC(=O)Cc1nc(NCc2cccc(C)n2)c2c(-c3ccc4c(c3)OCO4)csc2n1. The number of pyridine rings is 1. The number of thiophene rings is 1. The molecule has 0 unspecified atom stereocenters. The normalized spacial score (nSPS) is 12.2. The lowest BCUT2D eigenvalue weighted by molar-refractivity contribution is -0.120. The van der Waals surface area contributed by atoms with Gasteiger partial charge in [0.2, 0.25) is 12.7 Å². The first-order chi connectivity index (χ1) is 15.6. The van der Waals surface area contributed by atoms with Crippen LogP contribution in [0.4, 0.5) is 5.82 Å². The van der Waals surface area contributed by atoms with Crippen LogP contribution in [-0.2, 0) is 17.8 Å². The summed E-state index contributed by atoms with van der Waals surface area (Å²) in [6, 6.07) is 11.8. The number of carbonyl (C=O) groups excluding carboxylic acids is 1. The molecule has 1 amide bonds. The van der Waals surface area contributed by atoms with Crippen molar-refractivity contribution >= 4 is 33.3 Å². The molecule has 0 radical (unpaired) electrons. The first-order valence-corrected chi connectivity index (χ1v) is 11.0. The number of anilines is 1. The van der Waals surface area contributed by atoms with Gasteiger partial charge in [0.15, 0.2) is 11.5 Å². The van der Waals surface area contributed by atoms with E-state index in [1.54, 1.807) is 7.05 Å². The number of ether oxygens (including phenoxy) is 2. The summed E-state index contributed by atoms with van der Waals surface area (Å²) in [5, 5.41) is 9.00. The summed E-state index contributed by atoms with van der Waals surface area (Å²) in [6.07, 6.45) is 0.112. The second-order valence-electron chi connectivity index (χ2n) is 7.36. The maximum atomic E-state index is 11.9. The lowest BCUT2D eigenvalue weighted by atomic mass is 10.1. The van der Waals surface area contributed by atoms with Gasteiger partial charge in [0.1, 0.15) is 16.5 Å². The van der Waals surface area contributed by atoms with Crippen LogP contribution in [-0.4, -0.2) is 34.7 Å². The molecule has 2 N–H and O–H groups in total. The van der Waals surface area contributed by atoms with Crippen LogP contribution in [0, 0.1) is 6.92 Å². The summed E-state index contributed by atoms with van der Waals surface area (Å²) >= 11 is 1.52. The fourth-order valence-corrected chi connectivity index (χ4v) is 4.54. The van der Waals surface area contributed by atoms with Crippen molar-refractivity contribution in [3.05, 3.63) is 59.0 Å². The van der Waals surface area contributed by atoms with Gasteiger partial charge in [0.25, 0.3) is 0 Å². The first kappa shape index (κ1) is 20.2. The number of hydrogen-bond donors (Lipinski definition) is 2. The topological polar surface area (TPSA) is 98.3 Å². The largest absolute Gasteiger partial charge is 0.454 e. The molecular formula is C23H21N5O3S. The molecule has 1 aliphatic rings. The number of rotatable bonds is 6. The number of amides is 1. The quantitative estimate of drug-likeness (QED) is 0.465. The lowest BCUT2D eigenvalue weighted by Crippen LogP contribution is -2.21. The Morgan fingerprint density at radius 2 is 2.00 bits per heavy atom. The van der Waals surface area contributed by atoms with Crippen LogP contribution in [0.1, 0.15) is 17.2 Å². The molecule has 5 rings (SSSR count). The van der Waals surface area contributed by atoms with Crippen molar-refractivity contribution in [2.24, 2.45) is 0 Å². The Kier molecular flexibility index (Phi) is 5.32. The van der Waals surface area contributed by atoms with Gasteiger partial charge >= 0.3 is 0 Å². The molecule has 0 aliphatic carbocycles. The molecule has 32 heavy (non-hydrogen) atoms. The number of benzene rings is 1. The Morgan fingerprint density at radius 3 is 2.84 bits per heavy atom. The summed E-state index contributed by atoms with van der Waals surface area (Å²) in [5.41, 5.74) is 3.84. The Labute approximate surface area is 188 Å². The van der Waals surface area contributed by atoms with Crippen molar-refractivity contribution in [3.8, 4) is 22.6 Å². The first-order valence-electron chi connectivity index (χ1n) is 10.2. The van der Waals surface area contributed by atoms with Gasteiger partial charge in [-0.1, -0.05) is 12.1 Å². The monoisotopic (exact) mass is 447 g/mol. The predicted octanol–water partition coefficient (Wildman–Crippen LogP) is 3.69. The molecule has 0 bridgehead atoms. The summed E-state index contributed by atoms with van der Waals surface area (Å²) in [6.45, 7) is 2.69. The van der Waals surface area contributed by atoms with E-state index in [-0.39, 0.29) is 19.1 Å². The number of hydrogen-bond acceptors (Lipinski definition) is 8. The van der Waals surface area contributed by atoms with E-state index in [9.17, 15) is 4.79 Å². The molecule has 4 heterocycles. The zero-order valence-corrected chi connectivity index (χ0v) is 18.5. The van der Waals surface area contributed by atoms with Gasteiger partial charge in [0, 0.05) is 23.7 Å². The minimum absolute atomic E-state index is 0.112. The van der Waals surface area contributed by atoms with E-state index in [2.05, 4.69) is 26.0 Å². The zero-order chi connectivity index (χ0) is 22.1. The van der Waals surface area contributed by atoms with Gasteiger partial charge in [-0.05, 0) is 36.8 Å². The minimum Gasteiger partial charge on any atom is -0.454 e. The molecule has 1 aliphatic heterocycles. The highest BCUT2D eigenvalue weighted by Crippen LogP contribution is 2.41. The summed E-state index contributed by atoms with van der Waals surface area (Å²) in [7, 11) is 1.60. The summed E-state index contributed by atoms with van der Waals surface area (Å²) in [5.74, 6) is 2.46. The molecule has 0 fully saturated rings. The second kappa shape index (κ2) is 8.43. The van der Waals surface area contributed by atoms with Crippen molar-refractivity contribution in [1.29, 1.82) is 0 Å². The summed E-state index contributed by atoms with van der Waals surface area (Å²) < 4.78 is 11.0. The number of aromatic nitrogens is 3. The number of carbonyl (C=O) groups is 1. The average molecular weight is 448 g/mol. The van der Waals surface area contributed by atoms with Gasteiger partial charge in [0.05, 0.1) is 24.0 Å². The molecule has 3 aromatic heterocycles. The van der Waals surface area contributed by atoms with Crippen LogP contribution in [0.15, 0.2) is 41.8 Å². The number of nitrogens with zero attached hydrogens (tertiary/aromatic N) is 3. The van der Waals surface area contributed by atoms with E-state index in [0.29, 0.717) is 18.2 Å². The molecule has 4 aromatic rings. The zero-order valence-electron chi connectivity index (χ0n) is 17.6. The smallest absolute Gasteiger partial charge is 0.231 e. The van der Waals surface area contributed by atoms with Crippen LogP contribution < -0.4 is 20.1 Å². The maximum Gasteiger partial charge on any atom is 0.231 e. The third-order valence-corrected chi connectivity index (χ3v) is 6.02. The molecule has 8 nitrogen and oxygen atoms in total. The lowest BCUT2D eigenvalue weighted by Gasteiger charge is -2.11. The van der Waals surface area contributed by atoms with Crippen molar-refractivity contribution in [2.45, 2.75) is 19.9 Å². The number of aryl methyl sites for hydroxylation is 1. The summed E-state index contributed by atoms with van der Waals surface area (Å²) in [4.78, 5) is 26.7. The van der Waals surface area contributed by atoms with Crippen molar-refractivity contribution < 1.29 is 14.3 Å². The third-order valence-electron chi connectivity index (χ3n) is 5.14. The van der Waals surface area contributed by atoms with Gasteiger partial charge < -0.3 is 20.1 Å². The molecule has 0 atom stereocenters. The van der Waals surface area contributed by atoms with E-state index < -0.39 is 0 Å². The molecule has 0 saturated carbocycles. The van der Waals surface area contributed by atoms with Crippen LogP contribution >= 0.6 is 11.3 Å². The fraction of sp³-hybridized carbons (Fsp3) is 0.217. The second-order valence-corrected chi connectivity index (χ2v) is 8.22. The number of nitrogens with one attached hydrogen (secondary N) is 2. The standard InChI is InChI=1S/C23H21N5O3S/c1-13-4-3-5-15(26-13)10-25-22-21-16(14-6-7-17-18(8-14)31-12-30-17)11-32-23(21)28-19(27-22)9-20(29)24-2/h3-8,11H,9-10,12H2,1-2H3,(H,24,29)(H,25,27,28). The molecule has 9 heteroatoms. The Morgan fingerprint density at radius 1 is 1.12 bits per heavy atom. The van der Waals surface area contributed by atoms with Gasteiger partial charge in [-0.25, -0.2) is 9.97 Å². The molecule has 0 spiro atoms. The van der Waals surface area contributed by atoms with E-state index in [1.165, 1.54) is 11.3 Å². The van der Waals surface area contributed by atoms with Gasteiger partial charge in [-0.3, -0.25) is 9.78 Å². The number of fused-ring (bicyclic) bond motifs is 2. The van der Waals surface area contributed by atoms with Crippen LogP contribution in [0.2, 0.25) is 0 Å². The van der Waals surface area contributed by atoms with Crippen LogP contribution in [0.3, 0.4) is 0 Å². The highest BCUT2D eigenvalue weighted by Gasteiger charge is 2.19. The maximum absolute atomic E-state index is 11.9. The molecular weight excluding hydrogens is 426 g/mol. The average Bonchev–Trinajstić information content (AvgIpc) is 3.44. The molecule has 0 saturated heterocycles. The van der Waals surface area contributed by atoms with Crippen molar-refractivity contribution in [1.82, 2.24) is 20.3 Å². The van der Waals surface area contributed by atoms with Crippen molar-refractivity contribution in [2.75, 3.05) is 19.2 Å². The Hall–Kier alpha value is -3.72. The van der Waals surface area contributed by atoms with Crippen molar-refractivity contribution in [3.63, 3.8) is 0 Å². The van der Waals surface area contributed by atoms with E-state index >= 15 is 0 Å².